The summed E-state index contributed by atoms with van der Waals surface area (Å²) >= 11 is 0. The van der Waals surface area contributed by atoms with Crippen molar-refractivity contribution in [3.63, 3.8) is 0 Å². The molecule has 0 spiro atoms. The van der Waals surface area contributed by atoms with Crippen molar-refractivity contribution in [1.82, 2.24) is 0 Å². The molecule has 3 rings (SSSR count). The van der Waals surface area contributed by atoms with Gasteiger partial charge in [-0.25, -0.2) is 4.79 Å². The zero-order valence-electron chi connectivity index (χ0n) is 15.7. The molecule has 146 valence electrons. The average molecular weight is 368 g/mol. The Balaban J connectivity index is 2.01. The maximum atomic E-state index is 12.3. The first-order valence-electron chi connectivity index (χ1n) is 9.18. The van der Waals surface area contributed by atoms with Gasteiger partial charge in [0.1, 0.15) is 12.2 Å². The van der Waals surface area contributed by atoms with Crippen LogP contribution in [0.5, 0.6) is 0 Å². The van der Waals surface area contributed by atoms with E-state index in [0.29, 0.717) is 6.42 Å². The van der Waals surface area contributed by atoms with Crippen LogP contribution in [-0.4, -0.2) is 51.9 Å². The molecule has 3 heterocycles. The van der Waals surface area contributed by atoms with E-state index in [4.69, 9.17) is 14.2 Å². The van der Waals surface area contributed by atoms with Crippen molar-refractivity contribution < 1.29 is 34.0 Å². The van der Waals surface area contributed by atoms with Crippen molar-refractivity contribution in [3.8, 4) is 0 Å². The van der Waals surface area contributed by atoms with Crippen LogP contribution in [0.3, 0.4) is 0 Å². The van der Waals surface area contributed by atoms with E-state index < -0.39 is 47.6 Å². The maximum absolute atomic E-state index is 12.3. The zero-order valence-corrected chi connectivity index (χ0v) is 15.7. The number of aliphatic hydroxyl groups is 2. The molecule has 26 heavy (non-hydrogen) atoms. The molecule has 0 aromatic heterocycles. The van der Waals surface area contributed by atoms with E-state index in [2.05, 4.69) is 6.58 Å². The lowest BCUT2D eigenvalue weighted by Gasteiger charge is -2.34. The number of ether oxygens (including phenoxy) is 3. The van der Waals surface area contributed by atoms with Crippen molar-refractivity contribution in [2.75, 3.05) is 0 Å². The number of rotatable bonds is 2. The van der Waals surface area contributed by atoms with E-state index in [1.807, 2.05) is 0 Å². The van der Waals surface area contributed by atoms with Gasteiger partial charge in [0, 0.05) is 24.3 Å². The van der Waals surface area contributed by atoms with Gasteiger partial charge in [0.05, 0.1) is 23.5 Å². The van der Waals surface area contributed by atoms with Gasteiger partial charge in [-0.3, -0.25) is 4.79 Å². The molecule has 2 bridgehead atoms. The quantitative estimate of drug-likeness (QED) is 0.560. The molecule has 7 nitrogen and oxygen atoms in total. The van der Waals surface area contributed by atoms with Gasteiger partial charge in [-0.1, -0.05) is 27.4 Å². The standard InChI is InChI=1S/C19H28O7/c1-9(2)16(21)25-13-7-18(5)14(20)8-19(23,26-18)10(3)6-12-15(13)11(4)17(22)24-12/h9-10,12-15,20,23H,4,6-8H2,1-3,5H3/t10-,12+,13+,14-,15-,18-,19+/m0/s1. The summed E-state index contributed by atoms with van der Waals surface area (Å²) in [6.07, 6.45) is -1.69. The minimum absolute atomic E-state index is 0.0573. The molecule has 0 aliphatic carbocycles. The van der Waals surface area contributed by atoms with E-state index >= 15 is 0 Å². The van der Waals surface area contributed by atoms with E-state index in [1.54, 1.807) is 27.7 Å². The first-order chi connectivity index (χ1) is 12.0. The van der Waals surface area contributed by atoms with Crippen LogP contribution in [0.25, 0.3) is 0 Å². The average Bonchev–Trinajstić information content (AvgIpc) is 2.93. The molecule has 0 saturated carbocycles. The Morgan fingerprint density at radius 2 is 2.04 bits per heavy atom. The van der Waals surface area contributed by atoms with Gasteiger partial charge in [-0.15, -0.1) is 0 Å². The number of carbonyl (C=O) groups excluding carboxylic acids is 2. The van der Waals surface area contributed by atoms with Crippen molar-refractivity contribution >= 4 is 11.9 Å². The molecule has 0 amide bonds. The molecule has 3 saturated heterocycles. The van der Waals surface area contributed by atoms with Crippen LogP contribution in [0.1, 0.15) is 47.0 Å². The lowest BCUT2D eigenvalue weighted by Crippen LogP contribution is -2.44. The molecular weight excluding hydrogens is 340 g/mol. The zero-order chi connectivity index (χ0) is 19.4. The van der Waals surface area contributed by atoms with Gasteiger partial charge in [0.15, 0.2) is 5.79 Å². The Hall–Kier alpha value is -1.44. The fraction of sp³-hybridized carbons (Fsp3) is 0.789. The van der Waals surface area contributed by atoms with Crippen LogP contribution in [-0.2, 0) is 23.8 Å². The second-order valence-electron chi connectivity index (χ2n) is 8.45. The number of carbonyl (C=O) groups is 2. The minimum Gasteiger partial charge on any atom is -0.461 e. The molecule has 3 fully saturated rings. The van der Waals surface area contributed by atoms with Gasteiger partial charge < -0.3 is 24.4 Å². The summed E-state index contributed by atoms with van der Waals surface area (Å²) in [5.41, 5.74) is -0.849. The molecule has 7 atom stereocenters. The largest absolute Gasteiger partial charge is 0.461 e. The Kier molecular flexibility index (Phi) is 4.70. The predicted molar refractivity (Wildman–Crippen MR) is 90.7 cm³/mol. The topological polar surface area (TPSA) is 102 Å². The number of hydrogen-bond donors (Lipinski definition) is 2. The van der Waals surface area contributed by atoms with E-state index in [1.165, 1.54) is 0 Å². The predicted octanol–water partition coefficient (Wildman–Crippen LogP) is 1.31. The number of fused-ring (bicyclic) bond motifs is 3. The number of esters is 2. The summed E-state index contributed by atoms with van der Waals surface area (Å²) < 4.78 is 17.1. The van der Waals surface area contributed by atoms with Crippen LogP contribution >= 0.6 is 0 Å². The van der Waals surface area contributed by atoms with Crippen LogP contribution in [0.4, 0.5) is 0 Å². The van der Waals surface area contributed by atoms with Crippen molar-refractivity contribution in [2.45, 2.75) is 76.7 Å². The molecule has 7 heteroatoms. The maximum Gasteiger partial charge on any atom is 0.334 e. The van der Waals surface area contributed by atoms with Crippen molar-refractivity contribution in [3.05, 3.63) is 12.2 Å². The molecule has 0 unspecified atom stereocenters. The lowest BCUT2D eigenvalue weighted by atomic mass is 9.78. The van der Waals surface area contributed by atoms with Crippen molar-refractivity contribution in [2.24, 2.45) is 17.8 Å². The highest BCUT2D eigenvalue weighted by atomic mass is 16.7. The first kappa shape index (κ1) is 19.3. The third kappa shape index (κ3) is 3.06. The summed E-state index contributed by atoms with van der Waals surface area (Å²) in [5.74, 6) is -3.69. The normalized spacial score (nSPS) is 45.6. The van der Waals surface area contributed by atoms with Gasteiger partial charge in [0.25, 0.3) is 0 Å². The lowest BCUT2D eigenvalue weighted by molar-refractivity contribution is -0.253. The Morgan fingerprint density at radius 1 is 1.38 bits per heavy atom. The first-order valence-corrected chi connectivity index (χ1v) is 9.18. The summed E-state index contributed by atoms with van der Waals surface area (Å²) in [6, 6.07) is 0. The third-order valence-corrected chi connectivity index (χ3v) is 6.03. The van der Waals surface area contributed by atoms with E-state index in [9.17, 15) is 19.8 Å². The number of aliphatic hydroxyl groups excluding tert-OH is 1. The molecule has 2 N–H and O–H groups in total. The van der Waals surface area contributed by atoms with Crippen LogP contribution in [0, 0.1) is 17.8 Å². The number of hydrogen-bond acceptors (Lipinski definition) is 7. The van der Waals surface area contributed by atoms with Crippen molar-refractivity contribution in [1.29, 1.82) is 0 Å². The van der Waals surface area contributed by atoms with Crippen LogP contribution in [0.15, 0.2) is 12.2 Å². The summed E-state index contributed by atoms with van der Waals surface area (Å²) in [5, 5.41) is 21.5. The fourth-order valence-corrected chi connectivity index (χ4v) is 4.25. The SMILES string of the molecule is C=C1C(=O)O[C@@H]2C[C@H](C)[C@@]3(O)C[C@H](O)[C@](C)(C[C@@H](OC(=O)C(C)C)[C@@H]12)O3. The van der Waals surface area contributed by atoms with E-state index in [0.717, 1.165) is 0 Å². The summed E-state index contributed by atoms with van der Waals surface area (Å²) in [4.78, 5) is 24.4. The second-order valence-corrected chi connectivity index (χ2v) is 8.45. The minimum atomic E-state index is -1.52. The highest BCUT2D eigenvalue weighted by molar-refractivity contribution is 5.91. The molecule has 0 radical (unpaired) electrons. The molecular formula is C19H28O7. The Morgan fingerprint density at radius 3 is 2.65 bits per heavy atom. The highest BCUT2D eigenvalue weighted by Crippen LogP contribution is 2.49. The van der Waals surface area contributed by atoms with Gasteiger partial charge in [0.2, 0.25) is 0 Å². The fourth-order valence-electron chi connectivity index (χ4n) is 4.25. The smallest absolute Gasteiger partial charge is 0.334 e. The monoisotopic (exact) mass is 368 g/mol. The van der Waals surface area contributed by atoms with Gasteiger partial charge in [-0.05, 0) is 13.3 Å². The summed E-state index contributed by atoms with van der Waals surface area (Å²) in [7, 11) is 0. The molecule has 0 aromatic rings. The van der Waals surface area contributed by atoms with Gasteiger partial charge in [-0.2, -0.15) is 0 Å². The summed E-state index contributed by atoms with van der Waals surface area (Å²) in [6.45, 7) is 10.8. The Labute approximate surface area is 153 Å². The Bertz CT molecular complexity index is 629. The van der Waals surface area contributed by atoms with Crippen LogP contribution in [0.2, 0.25) is 0 Å². The van der Waals surface area contributed by atoms with Crippen LogP contribution < -0.4 is 0 Å². The molecule has 3 aliphatic rings. The highest BCUT2D eigenvalue weighted by Gasteiger charge is 2.60. The van der Waals surface area contributed by atoms with E-state index in [-0.39, 0.29) is 30.3 Å². The molecule has 0 aromatic carbocycles. The second kappa shape index (κ2) is 6.32. The van der Waals surface area contributed by atoms with Gasteiger partial charge >= 0.3 is 11.9 Å². The third-order valence-electron chi connectivity index (χ3n) is 6.03. The molecule has 3 aliphatic heterocycles.